The molecule has 34 heavy (non-hydrogen) atoms. The van der Waals surface area contributed by atoms with E-state index in [1.165, 1.54) is 18.5 Å². The summed E-state index contributed by atoms with van der Waals surface area (Å²) in [6.45, 7) is 2.83. The minimum absolute atomic E-state index is 0.107. The van der Waals surface area contributed by atoms with Gasteiger partial charge in [-0.15, -0.1) is 10.2 Å². The summed E-state index contributed by atoms with van der Waals surface area (Å²) >= 11 is 0. The van der Waals surface area contributed by atoms with Crippen LogP contribution in [0.2, 0.25) is 0 Å². The Labute approximate surface area is 198 Å². The van der Waals surface area contributed by atoms with Crippen LogP contribution < -0.4 is 15.5 Å². The summed E-state index contributed by atoms with van der Waals surface area (Å²) in [6, 6.07) is 11.9. The number of amides is 2. The molecule has 3 aromatic rings. The Hall–Kier alpha value is -3.82. The Morgan fingerprint density at radius 2 is 1.88 bits per heavy atom. The Morgan fingerprint density at radius 3 is 2.65 bits per heavy atom. The van der Waals surface area contributed by atoms with E-state index in [9.17, 15) is 9.59 Å². The van der Waals surface area contributed by atoms with E-state index in [4.69, 9.17) is 0 Å². The third kappa shape index (κ3) is 6.37. The lowest BCUT2D eigenvalue weighted by atomic mass is 10.1. The maximum absolute atomic E-state index is 12.5. The number of benzene rings is 1. The lowest BCUT2D eigenvalue weighted by molar-refractivity contribution is -0.115. The molecule has 2 aromatic heterocycles. The molecule has 2 amide bonds. The molecular formula is C24H30N8O2. The first-order chi connectivity index (χ1) is 16.6. The fourth-order valence-corrected chi connectivity index (χ4v) is 3.99. The number of aromatic nitrogens is 5. The summed E-state index contributed by atoms with van der Waals surface area (Å²) < 4.78 is 1.66. The minimum Gasteiger partial charge on any atom is -0.372 e. The smallest absolute Gasteiger partial charge is 0.273 e. The molecule has 0 spiro atoms. The summed E-state index contributed by atoms with van der Waals surface area (Å²) in [5, 5.41) is 21.5. The highest BCUT2D eigenvalue weighted by Crippen LogP contribution is 2.21. The number of carbonyl (C=O) groups is 2. The van der Waals surface area contributed by atoms with Gasteiger partial charge in [0.1, 0.15) is 0 Å². The quantitative estimate of drug-likeness (QED) is 0.444. The standard InChI is InChI=1S/C24H30N8O2/c1-25-24(34)21-17-32(30-28-21)14-3-2-8-19-10-11-22(29-27-19)26-23(33)16-18-7-6-9-20(15-18)31-12-4-5-13-31/h6-7,9-11,15,17H,2-5,8,12-14,16H2,1H3,(H,25,34)(H,26,29,33). The van der Waals surface area contributed by atoms with Crippen molar-refractivity contribution in [2.45, 2.75) is 45.1 Å². The van der Waals surface area contributed by atoms with Gasteiger partial charge in [0.05, 0.1) is 18.3 Å². The average molecular weight is 463 g/mol. The number of rotatable bonds is 10. The van der Waals surface area contributed by atoms with Crippen LogP contribution in [0, 0.1) is 0 Å². The monoisotopic (exact) mass is 462 g/mol. The van der Waals surface area contributed by atoms with Crippen molar-refractivity contribution in [1.82, 2.24) is 30.5 Å². The van der Waals surface area contributed by atoms with E-state index in [-0.39, 0.29) is 11.8 Å². The molecule has 0 saturated carbocycles. The van der Waals surface area contributed by atoms with Gasteiger partial charge in [-0.25, -0.2) is 0 Å². The second-order valence-corrected chi connectivity index (χ2v) is 8.40. The molecule has 4 rings (SSSR count). The third-order valence-electron chi connectivity index (χ3n) is 5.80. The van der Waals surface area contributed by atoms with Gasteiger partial charge in [-0.2, -0.15) is 5.10 Å². The highest BCUT2D eigenvalue weighted by Gasteiger charge is 2.13. The van der Waals surface area contributed by atoms with Crippen molar-refractivity contribution in [3.63, 3.8) is 0 Å². The maximum atomic E-state index is 12.5. The molecule has 178 valence electrons. The Balaban J connectivity index is 1.20. The molecule has 0 radical (unpaired) electrons. The van der Waals surface area contributed by atoms with E-state index in [0.29, 0.717) is 24.5 Å². The molecule has 0 aliphatic carbocycles. The fourth-order valence-electron chi connectivity index (χ4n) is 3.99. The van der Waals surface area contributed by atoms with Gasteiger partial charge in [0.25, 0.3) is 5.91 Å². The first-order valence-electron chi connectivity index (χ1n) is 11.7. The molecule has 1 fully saturated rings. The van der Waals surface area contributed by atoms with Gasteiger partial charge in [0.15, 0.2) is 11.5 Å². The average Bonchev–Trinajstić information content (AvgIpc) is 3.55. The molecule has 1 aliphatic heterocycles. The second kappa shape index (κ2) is 11.4. The SMILES string of the molecule is CNC(=O)c1cn(CCCCc2ccc(NC(=O)Cc3cccc(N4CCCC4)c3)nn2)nn1. The predicted molar refractivity (Wildman–Crippen MR) is 129 cm³/mol. The van der Waals surface area contributed by atoms with E-state index in [1.807, 2.05) is 18.2 Å². The topological polar surface area (TPSA) is 118 Å². The molecule has 10 heteroatoms. The van der Waals surface area contributed by atoms with Gasteiger partial charge < -0.3 is 15.5 Å². The van der Waals surface area contributed by atoms with Crippen LogP contribution in [0.5, 0.6) is 0 Å². The number of carbonyl (C=O) groups excluding carboxylic acids is 2. The number of unbranched alkanes of at least 4 members (excludes halogenated alkanes) is 1. The van der Waals surface area contributed by atoms with Crippen molar-refractivity contribution < 1.29 is 9.59 Å². The van der Waals surface area contributed by atoms with Crippen molar-refractivity contribution in [2.24, 2.45) is 0 Å². The van der Waals surface area contributed by atoms with Crippen LogP contribution >= 0.6 is 0 Å². The normalized spacial score (nSPS) is 13.1. The Morgan fingerprint density at radius 1 is 1.03 bits per heavy atom. The van der Waals surface area contributed by atoms with Crippen LogP contribution in [-0.4, -0.2) is 57.1 Å². The lowest BCUT2D eigenvalue weighted by Crippen LogP contribution is -2.19. The molecule has 0 unspecified atom stereocenters. The zero-order chi connectivity index (χ0) is 23.8. The fraction of sp³-hybridized carbons (Fsp3) is 0.417. The third-order valence-corrected chi connectivity index (χ3v) is 5.80. The second-order valence-electron chi connectivity index (χ2n) is 8.40. The van der Waals surface area contributed by atoms with Gasteiger partial charge in [0.2, 0.25) is 5.91 Å². The summed E-state index contributed by atoms with van der Waals surface area (Å²) in [5.74, 6) is 0.0997. The highest BCUT2D eigenvalue weighted by atomic mass is 16.2. The van der Waals surface area contributed by atoms with Crippen LogP contribution in [0.4, 0.5) is 11.5 Å². The van der Waals surface area contributed by atoms with Gasteiger partial charge in [-0.3, -0.25) is 14.3 Å². The highest BCUT2D eigenvalue weighted by molar-refractivity contribution is 5.92. The summed E-state index contributed by atoms with van der Waals surface area (Å²) in [5.41, 5.74) is 3.34. The molecule has 0 atom stereocenters. The number of nitrogens with zero attached hydrogens (tertiary/aromatic N) is 6. The molecule has 1 saturated heterocycles. The maximum Gasteiger partial charge on any atom is 0.273 e. The molecule has 1 aromatic carbocycles. The van der Waals surface area contributed by atoms with Crippen molar-refractivity contribution in [3.8, 4) is 0 Å². The number of anilines is 2. The van der Waals surface area contributed by atoms with E-state index in [1.54, 1.807) is 24.0 Å². The molecular weight excluding hydrogens is 432 g/mol. The van der Waals surface area contributed by atoms with Crippen LogP contribution in [0.1, 0.15) is 47.4 Å². The molecule has 2 N–H and O–H groups in total. The van der Waals surface area contributed by atoms with Gasteiger partial charge in [-0.1, -0.05) is 17.3 Å². The summed E-state index contributed by atoms with van der Waals surface area (Å²) in [7, 11) is 1.56. The molecule has 1 aliphatic rings. The van der Waals surface area contributed by atoms with E-state index < -0.39 is 0 Å². The lowest BCUT2D eigenvalue weighted by Gasteiger charge is -2.18. The number of hydrogen-bond acceptors (Lipinski definition) is 7. The number of aryl methyl sites for hydroxylation is 2. The van der Waals surface area contributed by atoms with Gasteiger partial charge >= 0.3 is 0 Å². The van der Waals surface area contributed by atoms with Crippen molar-refractivity contribution >= 4 is 23.3 Å². The number of nitrogens with one attached hydrogen (secondary N) is 2. The van der Waals surface area contributed by atoms with Crippen molar-refractivity contribution in [2.75, 3.05) is 30.4 Å². The Bertz CT molecular complexity index is 1110. The minimum atomic E-state index is -0.246. The van der Waals surface area contributed by atoms with Crippen molar-refractivity contribution in [1.29, 1.82) is 0 Å². The zero-order valence-corrected chi connectivity index (χ0v) is 19.4. The van der Waals surface area contributed by atoms with Crippen LogP contribution in [0.25, 0.3) is 0 Å². The van der Waals surface area contributed by atoms with Crippen LogP contribution in [0.15, 0.2) is 42.6 Å². The summed E-state index contributed by atoms with van der Waals surface area (Å²) in [4.78, 5) is 26.4. The first kappa shape index (κ1) is 23.3. The molecule has 10 nitrogen and oxygen atoms in total. The first-order valence-corrected chi connectivity index (χ1v) is 11.7. The zero-order valence-electron chi connectivity index (χ0n) is 19.4. The predicted octanol–water partition coefficient (Wildman–Crippen LogP) is 2.23. The van der Waals surface area contributed by atoms with Gasteiger partial charge in [0, 0.05) is 32.4 Å². The van der Waals surface area contributed by atoms with E-state index in [0.717, 1.165) is 43.6 Å². The van der Waals surface area contributed by atoms with Crippen molar-refractivity contribution in [3.05, 3.63) is 59.5 Å². The molecule has 0 bridgehead atoms. The largest absolute Gasteiger partial charge is 0.372 e. The van der Waals surface area contributed by atoms with Crippen LogP contribution in [0.3, 0.4) is 0 Å². The Kier molecular flexibility index (Phi) is 7.79. The summed E-state index contributed by atoms with van der Waals surface area (Å²) in [6.07, 6.45) is 6.91. The van der Waals surface area contributed by atoms with E-state index >= 15 is 0 Å². The van der Waals surface area contributed by atoms with Crippen LogP contribution in [-0.2, 0) is 24.2 Å². The van der Waals surface area contributed by atoms with Gasteiger partial charge in [-0.05, 0) is 61.9 Å². The van der Waals surface area contributed by atoms with E-state index in [2.05, 4.69) is 48.2 Å². The number of hydrogen-bond donors (Lipinski definition) is 2. The molecule has 3 heterocycles.